The van der Waals surface area contributed by atoms with Gasteiger partial charge in [-0.1, -0.05) is 18.2 Å². The van der Waals surface area contributed by atoms with Gasteiger partial charge in [-0.2, -0.15) is 0 Å². The number of aliphatic carboxylic acids is 1. The summed E-state index contributed by atoms with van der Waals surface area (Å²) < 4.78 is 0. The van der Waals surface area contributed by atoms with E-state index in [0.717, 1.165) is 11.6 Å². The van der Waals surface area contributed by atoms with Crippen LogP contribution in [-0.4, -0.2) is 56.9 Å². The molecule has 1 aromatic carbocycles. The maximum atomic E-state index is 10.5. The Bertz CT molecular complexity index is 497. The number of carboxylic acids is 1. The van der Waals surface area contributed by atoms with Crippen molar-refractivity contribution >= 4 is 12.0 Å². The van der Waals surface area contributed by atoms with Crippen molar-refractivity contribution in [3.63, 3.8) is 0 Å². The van der Waals surface area contributed by atoms with E-state index in [1.54, 1.807) is 18.2 Å². The van der Waals surface area contributed by atoms with Crippen molar-refractivity contribution in [2.45, 2.75) is 25.0 Å². The van der Waals surface area contributed by atoms with Gasteiger partial charge < -0.3 is 25.5 Å². The number of hydrogen-bond donors (Lipinski definition) is 5. The molecule has 6 nitrogen and oxygen atoms in total. The van der Waals surface area contributed by atoms with E-state index in [4.69, 9.17) is 15.3 Å². The summed E-state index contributed by atoms with van der Waals surface area (Å²) in [6.45, 7) is -0.764. The fourth-order valence-electron chi connectivity index (χ4n) is 1.94. The van der Waals surface area contributed by atoms with Crippen LogP contribution in [0.25, 0.3) is 6.08 Å². The van der Waals surface area contributed by atoms with Crippen LogP contribution in [0.1, 0.15) is 16.7 Å². The molecule has 21 heavy (non-hydrogen) atoms. The Balaban J connectivity index is 3.03. The molecule has 1 aromatic rings. The lowest BCUT2D eigenvalue weighted by Gasteiger charge is -2.15. The molecule has 6 heteroatoms. The Morgan fingerprint density at radius 3 is 2.14 bits per heavy atom. The summed E-state index contributed by atoms with van der Waals surface area (Å²) in [6.07, 6.45) is 0.975. The second-order valence-corrected chi connectivity index (χ2v) is 4.78. The summed E-state index contributed by atoms with van der Waals surface area (Å²) in [4.78, 5) is 10.5. The summed E-state index contributed by atoms with van der Waals surface area (Å²) in [5.41, 5.74) is 2.06. The zero-order valence-corrected chi connectivity index (χ0v) is 11.5. The molecule has 0 spiro atoms. The highest BCUT2D eigenvalue weighted by molar-refractivity contribution is 5.85. The number of hydrogen-bond acceptors (Lipinski definition) is 5. The maximum absolute atomic E-state index is 10.5. The Morgan fingerprint density at radius 2 is 1.62 bits per heavy atom. The minimum atomic E-state index is -1.06. The Hall–Kier alpha value is -1.73. The average Bonchev–Trinajstić information content (AvgIpc) is 2.46. The van der Waals surface area contributed by atoms with Crippen LogP contribution in [0.5, 0.6) is 0 Å². The van der Waals surface area contributed by atoms with E-state index in [2.05, 4.69) is 0 Å². The second-order valence-electron chi connectivity index (χ2n) is 4.78. The van der Waals surface area contributed by atoms with Gasteiger partial charge in [0.2, 0.25) is 0 Å². The lowest BCUT2D eigenvalue weighted by Crippen LogP contribution is -2.19. The molecule has 0 aromatic heterocycles. The lowest BCUT2D eigenvalue weighted by atomic mass is 9.95. The Labute approximate surface area is 122 Å². The van der Waals surface area contributed by atoms with Gasteiger partial charge in [0, 0.05) is 18.9 Å². The molecule has 2 atom stereocenters. The van der Waals surface area contributed by atoms with E-state index in [-0.39, 0.29) is 19.4 Å². The summed E-state index contributed by atoms with van der Waals surface area (Å²) in [5, 5.41) is 45.5. The largest absolute Gasteiger partial charge is 0.478 e. The maximum Gasteiger partial charge on any atom is 0.328 e. The normalized spacial score (nSPS) is 14.3. The van der Waals surface area contributed by atoms with E-state index in [1.165, 1.54) is 6.08 Å². The molecule has 5 N–H and O–H groups in total. The highest BCUT2D eigenvalue weighted by Crippen LogP contribution is 2.17. The van der Waals surface area contributed by atoms with E-state index in [0.29, 0.717) is 11.1 Å². The van der Waals surface area contributed by atoms with Crippen molar-refractivity contribution in [3.8, 4) is 0 Å². The molecule has 1 rings (SSSR count). The zero-order chi connectivity index (χ0) is 15.8. The van der Waals surface area contributed by atoms with Crippen LogP contribution in [0.15, 0.2) is 24.3 Å². The third kappa shape index (κ3) is 6.05. The van der Waals surface area contributed by atoms with Crippen LogP contribution >= 0.6 is 0 Å². The van der Waals surface area contributed by atoms with Gasteiger partial charge in [0.15, 0.2) is 0 Å². The standard InChI is InChI=1S/C15H20O6/c16-8-13(18)6-11-3-1-10(2-4-15(20)21)5-12(11)7-14(19)9-17/h1-5,13-14,16-19H,6-9H2,(H,20,21). The van der Waals surface area contributed by atoms with Crippen molar-refractivity contribution in [1.82, 2.24) is 0 Å². The molecule has 0 aliphatic heterocycles. The fourth-order valence-corrected chi connectivity index (χ4v) is 1.94. The van der Waals surface area contributed by atoms with Gasteiger partial charge in [-0.15, -0.1) is 0 Å². The molecule has 0 heterocycles. The first kappa shape index (κ1) is 17.3. The van der Waals surface area contributed by atoms with Crippen LogP contribution < -0.4 is 0 Å². The van der Waals surface area contributed by atoms with Gasteiger partial charge >= 0.3 is 5.97 Å². The van der Waals surface area contributed by atoms with Gasteiger partial charge in [-0.05, 0) is 22.8 Å². The van der Waals surface area contributed by atoms with E-state index in [1.807, 2.05) is 0 Å². The molecule has 2 unspecified atom stereocenters. The smallest absolute Gasteiger partial charge is 0.328 e. The Morgan fingerprint density at radius 1 is 1.05 bits per heavy atom. The molecule has 0 aliphatic rings. The van der Waals surface area contributed by atoms with Crippen molar-refractivity contribution in [1.29, 1.82) is 0 Å². The van der Waals surface area contributed by atoms with Crippen molar-refractivity contribution < 1.29 is 30.3 Å². The van der Waals surface area contributed by atoms with Crippen LogP contribution in [0.4, 0.5) is 0 Å². The summed E-state index contributed by atoms with van der Waals surface area (Å²) in [5.74, 6) is -1.06. The predicted octanol–water partition coefficient (Wildman–Crippen LogP) is -0.424. The van der Waals surface area contributed by atoms with Crippen molar-refractivity contribution in [3.05, 3.63) is 41.0 Å². The minimum absolute atomic E-state index is 0.179. The van der Waals surface area contributed by atoms with Crippen LogP contribution in [0.2, 0.25) is 0 Å². The van der Waals surface area contributed by atoms with E-state index >= 15 is 0 Å². The van der Waals surface area contributed by atoms with E-state index < -0.39 is 24.8 Å². The third-order valence-corrected chi connectivity index (χ3v) is 2.98. The molecule has 116 valence electrons. The molecule has 0 amide bonds. The molecule has 0 bridgehead atoms. The lowest BCUT2D eigenvalue weighted by molar-refractivity contribution is -0.131. The zero-order valence-electron chi connectivity index (χ0n) is 11.5. The number of benzene rings is 1. The van der Waals surface area contributed by atoms with Crippen LogP contribution in [0.3, 0.4) is 0 Å². The van der Waals surface area contributed by atoms with Gasteiger partial charge in [0.25, 0.3) is 0 Å². The van der Waals surface area contributed by atoms with Gasteiger partial charge in [-0.3, -0.25) is 0 Å². The van der Waals surface area contributed by atoms with E-state index in [9.17, 15) is 15.0 Å². The second kappa shape index (κ2) is 8.53. The quantitative estimate of drug-likeness (QED) is 0.416. The molecule has 0 saturated carbocycles. The highest BCUT2D eigenvalue weighted by atomic mass is 16.4. The van der Waals surface area contributed by atoms with Crippen LogP contribution in [0, 0.1) is 0 Å². The minimum Gasteiger partial charge on any atom is -0.478 e. The van der Waals surface area contributed by atoms with Crippen LogP contribution in [-0.2, 0) is 17.6 Å². The topological polar surface area (TPSA) is 118 Å². The number of aliphatic hydroxyl groups excluding tert-OH is 4. The van der Waals surface area contributed by atoms with Gasteiger partial charge in [0.05, 0.1) is 25.4 Å². The van der Waals surface area contributed by atoms with Gasteiger partial charge in [0.1, 0.15) is 0 Å². The first-order chi connectivity index (χ1) is 9.96. The van der Waals surface area contributed by atoms with Gasteiger partial charge in [-0.25, -0.2) is 4.79 Å². The highest BCUT2D eigenvalue weighted by Gasteiger charge is 2.12. The van der Waals surface area contributed by atoms with Crippen molar-refractivity contribution in [2.75, 3.05) is 13.2 Å². The predicted molar refractivity (Wildman–Crippen MR) is 76.7 cm³/mol. The molecular weight excluding hydrogens is 276 g/mol. The third-order valence-electron chi connectivity index (χ3n) is 2.98. The molecular formula is C15H20O6. The molecule has 0 aliphatic carbocycles. The summed E-state index contributed by atoms with van der Waals surface area (Å²) in [7, 11) is 0. The molecule has 0 fully saturated rings. The monoisotopic (exact) mass is 296 g/mol. The molecule has 0 saturated heterocycles. The summed E-state index contributed by atoms with van der Waals surface area (Å²) >= 11 is 0. The first-order valence-corrected chi connectivity index (χ1v) is 6.57. The Kier molecular flexibility index (Phi) is 7.04. The molecule has 0 radical (unpaired) electrons. The van der Waals surface area contributed by atoms with Crippen molar-refractivity contribution in [2.24, 2.45) is 0 Å². The fraction of sp³-hybridized carbons (Fsp3) is 0.400. The number of carbonyl (C=O) groups is 1. The number of rotatable bonds is 8. The SMILES string of the molecule is O=C(O)C=Cc1ccc(CC(O)CO)c(CC(O)CO)c1. The number of aliphatic hydroxyl groups is 4. The first-order valence-electron chi connectivity index (χ1n) is 6.57. The summed E-state index contributed by atoms with van der Waals surface area (Å²) in [6, 6.07) is 5.09. The number of carboxylic acid groups (broad SMARTS) is 1. The average molecular weight is 296 g/mol.